The molecule has 0 saturated carbocycles. The van der Waals surface area contributed by atoms with Crippen LogP contribution in [0.3, 0.4) is 0 Å². The fraction of sp³-hybridized carbons (Fsp3) is 0.286. The molecule has 1 aromatic carbocycles. The lowest BCUT2D eigenvalue weighted by atomic mass is 10.3. The smallest absolute Gasteiger partial charge is 0.324 e. The summed E-state index contributed by atoms with van der Waals surface area (Å²) in [7, 11) is 0. The van der Waals surface area contributed by atoms with Crippen LogP contribution in [0.25, 0.3) is 5.69 Å². The van der Waals surface area contributed by atoms with Crippen molar-refractivity contribution in [1.82, 2.24) is 25.0 Å². The second-order valence-electron chi connectivity index (χ2n) is 4.79. The van der Waals surface area contributed by atoms with Gasteiger partial charge in [0.15, 0.2) is 0 Å². The molecular weight excluding hydrogens is 302 g/mol. The van der Waals surface area contributed by atoms with Crippen LogP contribution in [0.1, 0.15) is 6.92 Å². The summed E-state index contributed by atoms with van der Waals surface area (Å²) in [5.74, 6) is -0.226. The van der Waals surface area contributed by atoms with Crippen molar-refractivity contribution in [2.45, 2.75) is 17.3 Å². The first-order chi connectivity index (χ1) is 10.6. The molecule has 0 spiro atoms. The molecule has 1 atom stereocenters. The van der Waals surface area contributed by atoms with E-state index in [0.29, 0.717) is 18.2 Å². The van der Waals surface area contributed by atoms with Crippen molar-refractivity contribution in [3.63, 3.8) is 0 Å². The number of hydrogen-bond donors (Lipinski definition) is 1. The molecule has 22 heavy (non-hydrogen) atoms. The number of para-hydroxylation sites is 1. The van der Waals surface area contributed by atoms with Crippen molar-refractivity contribution in [2.24, 2.45) is 0 Å². The molecule has 1 aromatic heterocycles. The van der Waals surface area contributed by atoms with E-state index in [0.717, 1.165) is 5.69 Å². The second kappa shape index (κ2) is 6.18. The number of nitrogens with zero attached hydrogens (tertiary/aromatic N) is 4. The van der Waals surface area contributed by atoms with Crippen LogP contribution in [0.15, 0.2) is 41.8 Å². The summed E-state index contributed by atoms with van der Waals surface area (Å²) in [5.41, 5.74) is 0.903. The van der Waals surface area contributed by atoms with Gasteiger partial charge in [-0.3, -0.25) is 9.69 Å². The Bertz CT molecular complexity index is 688. The number of nitrogens with one attached hydrogen (secondary N) is 1. The average Bonchev–Trinajstić information content (AvgIpc) is 3.16. The molecule has 1 saturated heterocycles. The lowest BCUT2D eigenvalue weighted by molar-refractivity contribution is -0.126. The van der Waals surface area contributed by atoms with Crippen molar-refractivity contribution in [1.29, 1.82) is 0 Å². The summed E-state index contributed by atoms with van der Waals surface area (Å²) in [5, 5.41) is 7.05. The Kier molecular flexibility index (Phi) is 4.10. The van der Waals surface area contributed by atoms with E-state index in [-0.39, 0.29) is 11.9 Å². The van der Waals surface area contributed by atoms with Gasteiger partial charge in [-0.25, -0.2) is 14.5 Å². The van der Waals surface area contributed by atoms with E-state index in [1.54, 1.807) is 17.9 Å². The van der Waals surface area contributed by atoms with Gasteiger partial charge < -0.3 is 5.32 Å². The number of amides is 3. The van der Waals surface area contributed by atoms with Gasteiger partial charge in [0.05, 0.1) is 10.9 Å². The molecule has 1 fully saturated rings. The summed E-state index contributed by atoms with van der Waals surface area (Å²) >= 11 is 1.24. The van der Waals surface area contributed by atoms with Crippen LogP contribution in [0.4, 0.5) is 4.79 Å². The number of hydrogen-bond acceptors (Lipinski definition) is 5. The van der Waals surface area contributed by atoms with Gasteiger partial charge in [-0.15, -0.1) is 5.10 Å². The van der Waals surface area contributed by atoms with Gasteiger partial charge >= 0.3 is 6.03 Å². The van der Waals surface area contributed by atoms with E-state index in [2.05, 4.69) is 15.4 Å². The van der Waals surface area contributed by atoms with Crippen LogP contribution in [0.5, 0.6) is 0 Å². The van der Waals surface area contributed by atoms with E-state index in [1.165, 1.54) is 16.7 Å². The van der Waals surface area contributed by atoms with Crippen molar-refractivity contribution >= 4 is 23.7 Å². The molecule has 114 valence electrons. The van der Waals surface area contributed by atoms with E-state index in [4.69, 9.17) is 0 Å². The Morgan fingerprint density at radius 2 is 2.14 bits per heavy atom. The largest absolute Gasteiger partial charge is 0.336 e. The van der Waals surface area contributed by atoms with E-state index < -0.39 is 5.25 Å². The highest BCUT2D eigenvalue weighted by Gasteiger charge is 2.30. The number of urea groups is 1. The standard InChI is InChI=1S/C14H15N5O2S/c1-10(12(20)18-8-7-15-14(18)21)22-13-16-9-19(17-13)11-5-3-2-4-6-11/h2-6,9-10H,7-8H2,1H3,(H,15,21). The molecule has 3 rings (SSSR count). The fourth-order valence-electron chi connectivity index (χ4n) is 2.12. The maximum Gasteiger partial charge on any atom is 0.324 e. The minimum atomic E-state index is -0.421. The maximum atomic E-state index is 12.2. The quantitative estimate of drug-likeness (QED) is 0.860. The topological polar surface area (TPSA) is 80.1 Å². The third kappa shape index (κ3) is 2.96. The fourth-order valence-corrected chi connectivity index (χ4v) is 2.90. The zero-order valence-electron chi connectivity index (χ0n) is 12.0. The molecule has 8 heteroatoms. The Morgan fingerprint density at radius 3 is 2.82 bits per heavy atom. The molecule has 2 heterocycles. The van der Waals surface area contributed by atoms with Crippen LogP contribution >= 0.6 is 11.8 Å². The lowest BCUT2D eigenvalue weighted by Crippen LogP contribution is -2.38. The Labute approximate surface area is 131 Å². The van der Waals surface area contributed by atoms with E-state index in [1.807, 2.05) is 30.3 Å². The third-order valence-corrected chi connectivity index (χ3v) is 4.20. The predicted octanol–water partition coefficient (Wildman–Crippen LogP) is 1.30. The normalized spacial score (nSPS) is 15.7. The van der Waals surface area contributed by atoms with E-state index >= 15 is 0 Å². The van der Waals surface area contributed by atoms with Crippen LogP contribution in [0.2, 0.25) is 0 Å². The van der Waals surface area contributed by atoms with Crippen molar-refractivity contribution in [2.75, 3.05) is 13.1 Å². The minimum absolute atomic E-state index is 0.226. The van der Waals surface area contributed by atoms with Gasteiger partial charge in [0.2, 0.25) is 11.1 Å². The van der Waals surface area contributed by atoms with Crippen molar-refractivity contribution in [3.8, 4) is 5.69 Å². The molecule has 1 N–H and O–H groups in total. The SMILES string of the molecule is CC(Sc1ncn(-c2ccccc2)n1)C(=O)N1CCNC1=O. The van der Waals surface area contributed by atoms with Crippen LogP contribution in [-0.4, -0.2) is 49.9 Å². The molecule has 2 aromatic rings. The van der Waals surface area contributed by atoms with Crippen LogP contribution in [0, 0.1) is 0 Å². The summed E-state index contributed by atoms with van der Waals surface area (Å²) in [4.78, 5) is 29.2. The number of carbonyl (C=O) groups excluding carboxylic acids is 2. The van der Waals surface area contributed by atoms with E-state index in [9.17, 15) is 9.59 Å². The number of benzene rings is 1. The number of aromatic nitrogens is 3. The first-order valence-corrected chi connectivity index (χ1v) is 7.76. The molecule has 1 aliphatic rings. The zero-order chi connectivity index (χ0) is 15.5. The molecule has 0 bridgehead atoms. The first-order valence-electron chi connectivity index (χ1n) is 6.88. The summed E-state index contributed by atoms with van der Waals surface area (Å²) < 4.78 is 1.65. The van der Waals surface area contributed by atoms with Crippen LogP contribution < -0.4 is 5.32 Å². The van der Waals surface area contributed by atoms with Gasteiger partial charge in [-0.2, -0.15) is 0 Å². The molecule has 1 unspecified atom stereocenters. The number of carbonyl (C=O) groups is 2. The van der Waals surface area contributed by atoms with Crippen molar-refractivity contribution < 1.29 is 9.59 Å². The second-order valence-corrected chi connectivity index (χ2v) is 6.10. The van der Waals surface area contributed by atoms with Crippen LogP contribution in [-0.2, 0) is 4.79 Å². The predicted molar refractivity (Wildman–Crippen MR) is 81.8 cm³/mol. The Morgan fingerprint density at radius 1 is 1.36 bits per heavy atom. The third-order valence-electron chi connectivity index (χ3n) is 3.24. The van der Waals surface area contributed by atoms with Gasteiger partial charge in [-0.1, -0.05) is 30.0 Å². The molecule has 0 aliphatic carbocycles. The summed E-state index contributed by atoms with van der Waals surface area (Å²) in [6, 6.07) is 9.28. The minimum Gasteiger partial charge on any atom is -0.336 e. The van der Waals surface area contributed by atoms with Gasteiger partial charge in [0, 0.05) is 13.1 Å². The Hall–Kier alpha value is -2.35. The summed E-state index contributed by atoms with van der Waals surface area (Å²) in [6.07, 6.45) is 1.61. The average molecular weight is 317 g/mol. The highest BCUT2D eigenvalue weighted by Crippen LogP contribution is 2.22. The highest BCUT2D eigenvalue weighted by molar-refractivity contribution is 8.00. The molecule has 1 aliphatic heterocycles. The summed E-state index contributed by atoms with van der Waals surface area (Å²) in [6.45, 7) is 2.67. The monoisotopic (exact) mass is 317 g/mol. The lowest BCUT2D eigenvalue weighted by Gasteiger charge is -2.16. The van der Waals surface area contributed by atoms with Gasteiger partial charge in [0.25, 0.3) is 0 Å². The highest BCUT2D eigenvalue weighted by atomic mass is 32.2. The first kappa shape index (κ1) is 14.6. The molecule has 3 amide bonds. The van der Waals surface area contributed by atoms with Crippen molar-refractivity contribution in [3.05, 3.63) is 36.7 Å². The number of thioether (sulfide) groups is 1. The maximum absolute atomic E-state index is 12.2. The zero-order valence-corrected chi connectivity index (χ0v) is 12.8. The number of rotatable bonds is 4. The number of imide groups is 1. The Balaban J connectivity index is 1.67. The van der Waals surface area contributed by atoms with Gasteiger partial charge in [-0.05, 0) is 19.1 Å². The molecule has 7 nitrogen and oxygen atoms in total. The van der Waals surface area contributed by atoms with Gasteiger partial charge in [0.1, 0.15) is 6.33 Å². The molecule has 0 radical (unpaired) electrons. The molecular formula is C14H15N5O2S.